The molecule has 0 saturated carbocycles. The summed E-state index contributed by atoms with van der Waals surface area (Å²) in [5.74, 6) is 0.227. The first kappa shape index (κ1) is 19.1. The average molecular weight is 376 g/mol. The zero-order chi connectivity index (χ0) is 19.9. The van der Waals surface area contributed by atoms with Gasteiger partial charge in [-0.3, -0.25) is 4.99 Å². The van der Waals surface area contributed by atoms with Crippen molar-refractivity contribution in [3.8, 4) is 11.8 Å². The van der Waals surface area contributed by atoms with Gasteiger partial charge < -0.3 is 10.2 Å². The van der Waals surface area contributed by atoms with Crippen molar-refractivity contribution in [3.05, 3.63) is 83.4 Å². The molecule has 142 valence electrons. The molecule has 0 spiro atoms. The van der Waals surface area contributed by atoms with Crippen LogP contribution in [0.1, 0.15) is 16.7 Å². The van der Waals surface area contributed by atoms with Gasteiger partial charge in [0, 0.05) is 44.5 Å². The third kappa shape index (κ3) is 4.54. The third-order valence-corrected chi connectivity index (χ3v) is 4.27. The van der Waals surface area contributed by atoms with Crippen LogP contribution in [0.3, 0.4) is 0 Å². The fraction of sp³-hybridized carbons (Fsp3) is 0.190. The maximum Gasteiger partial charge on any atom is 0.193 e. The molecule has 0 aliphatic heterocycles. The zero-order valence-corrected chi connectivity index (χ0v) is 15.8. The topological polar surface area (TPSA) is 69.2 Å². The Morgan fingerprint density at radius 1 is 1.29 bits per heavy atom. The predicted octanol–water partition coefficient (Wildman–Crippen LogP) is 3.09. The van der Waals surface area contributed by atoms with Crippen LogP contribution < -0.4 is 5.32 Å². The normalized spacial score (nSPS) is 11.1. The molecule has 0 unspecified atom stereocenters. The van der Waals surface area contributed by atoms with E-state index in [-0.39, 0.29) is 6.54 Å². The second-order valence-corrected chi connectivity index (χ2v) is 6.30. The summed E-state index contributed by atoms with van der Waals surface area (Å²) >= 11 is 0. The van der Waals surface area contributed by atoms with Crippen molar-refractivity contribution in [2.75, 3.05) is 14.1 Å². The number of benzene rings is 2. The van der Waals surface area contributed by atoms with E-state index in [2.05, 4.69) is 15.4 Å². The minimum absolute atomic E-state index is 0.276. The van der Waals surface area contributed by atoms with E-state index in [4.69, 9.17) is 5.26 Å². The van der Waals surface area contributed by atoms with E-state index in [9.17, 15) is 4.39 Å². The molecule has 0 aliphatic carbocycles. The van der Waals surface area contributed by atoms with Crippen molar-refractivity contribution in [2.45, 2.75) is 13.1 Å². The van der Waals surface area contributed by atoms with E-state index >= 15 is 0 Å². The summed E-state index contributed by atoms with van der Waals surface area (Å²) in [6.07, 6.45) is 3.79. The number of hydrogen-bond acceptors (Lipinski definition) is 3. The molecule has 1 N–H and O–H groups in total. The van der Waals surface area contributed by atoms with Crippen molar-refractivity contribution in [2.24, 2.45) is 4.99 Å². The Morgan fingerprint density at radius 3 is 2.75 bits per heavy atom. The molecule has 3 rings (SSSR count). The summed E-state index contributed by atoms with van der Waals surface area (Å²) in [4.78, 5) is 6.20. The lowest BCUT2D eigenvalue weighted by Crippen LogP contribution is -2.38. The number of guanidine groups is 1. The van der Waals surface area contributed by atoms with Gasteiger partial charge in [-0.1, -0.05) is 24.3 Å². The summed E-state index contributed by atoms with van der Waals surface area (Å²) in [6, 6.07) is 16.3. The van der Waals surface area contributed by atoms with Gasteiger partial charge in [0.15, 0.2) is 5.96 Å². The fourth-order valence-corrected chi connectivity index (χ4v) is 2.83. The van der Waals surface area contributed by atoms with Gasteiger partial charge in [-0.25, -0.2) is 9.07 Å². The number of nitrogens with one attached hydrogen (secondary N) is 1. The van der Waals surface area contributed by atoms with E-state index in [0.29, 0.717) is 23.6 Å². The highest BCUT2D eigenvalue weighted by molar-refractivity contribution is 5.79. The lowest BCUT2D eigenvalue weighted by molar-refractivity contribution is 0.475. The quantitative estimate of drug-likeness (QED) is 0.549. The van der Waals surface area contributed by atoms with Crippen LogP contribution in [0.4, 0.5) is 4.39 Å². The van der Waals surface area contributed by atoms with Crippen LogP contribution in [0.5, 0.6) is 0 Å². The summed E-state index contributed by atoms with van der Waals surface area (Å²) < 4.78 is 15.9. The van der Waals surface area contributed by atoms with Gasteiger partial charge in [-0.05, 0) is 24.3 Å². The summed E-state index contributed by atoms with van der Waals surface area (Å²) in [7, 11) is 3.59. The molecule has 0 atom stereocenters. The monoisotopic (exact) mass is 376 g/mol. The number of aliphatic imine (C=N–C) groups is 1. The largest absolute Gasteiger partial charge is 0.352 e. The summed E-state index contributed by atoms with van der Waals surface area (Å²) in [6.45, 7) is 0.875. The van der Waals surface area contributed by atoms with Gasteiger partial charge in [0.05, 0.1) is 23.5 Å². The second kappa shape index (κ2) is 8.82. The summed E-state index contributed by atoms with van der Waals surface area (Å²) in [5, 5.41) is 16.4. The van der Waals surface area contributed by atoms with Gasteiger partial charge in [-0.2, -0.15) is 10.4 Å². The zero-order valence-electron chi connectivity index (χ0n) is 15.8. The number of halogens is 1. The molecule has 0 aliphatic rings. The number of para-hydroxylation sites is 1. The van der Waals surface area contributed by atoms with Crippen molar-refractivity contribution >= 4 is 5.96 Å². The molecule has 6 nitrogen and oxygen atoms in total. The highest BCUT2D eigenvalue weighted by Gasteiger charge is 2.10. The van der Waals surface area contributed by atoms with Gasteiger partial charge in [0.1, 0.15) is 5.82 Å². The third-order valence-electron chi connectivity index (χ3n) is 4.27. The molecular weight excluding hydrogens is 355 g/mol. The minimum atomic E-state index is -0.409. The van der Waals surface area contributed by atoms with Gasteiger partial charge in [-0.15, -0.1) is 0 Å². The molecule has 7 heteroatoms. The first-order valence-electron chi connectivity index (χ1n) is 8.80. The van der Waals surface area contributed by atoms with Gasteiger partial charge >= 0.3 is 0 Å². The maximum atomic E-state index is 14.0. The molecule has 1 aromatic heterocycles. The van der Waals surface area contributed by atoms with Crippen LogP contribution in [0.2, 0.25) is 0 Å². The Bertz CT molecular complexity index is 1000. The lowest BCUT2D eigenvalue weighted by Gasteiger charge is -2.21. The van der Waals surface area contributed by atoms with E-state index in [1.165, 1.54) is 6.07 Å². The second-order valence-electron chi connectivity index (χ2n) is 6.30. The Hall–Kier alpha value is -3.66. The van der Waals surface area contributed by atoms with Crippen molar-refractivity contribution in [1.82, 2.24) is 20.0 Å². The highest BCUT2D eigenvalue weighted by Crippen LogP contribution is 2.11. The summed E-state index contributed by atoms with van der Waals surface area (Å²) in [5.41, 5.74) is 2.80. The molecular formula is C21H21FN6. The van der Waals surface area contributed by atoms with Crippen LogP contribution in [0.25, 0.3) is 5.69 Å². The van der Waals surface area contributed by atoms with Gasteiger partial charge in [0.25, 0.3) is 0 Å². The Labute approximate surface area is 163 Å². The van der Waals surface area contributed by atoms with E-state index in [0.717, 1.165) is 11.3 Å². The first-order chi connectivity index (χ1) is 13.6. The van der Waals surface area contributed by atoms with Crippen molar-refractivity contribution < 1.29 is 4.39 Å². The van der Waals surface area contributed by atoms with Crippen LogP contribution >= 0.6 is 0 Å². The van der Waals surface area contributed by atoms with Crippen molar-refractivity contribution in [3.63, 3.8) is 0 Å². The minimum Gasteiger partial charge on any atom is -0.352 e. The van der Waals surface area contributed by atoms with Crippen LogP contribution in [0, 0.1) is 17.1 Å². The number of aromatic nitrogens is 2. The molecule has 0 radical (unpaired) electrons. The fourth-order valence-electron chi connectivity index (χ4n) is 2.83. The van der Waals surface area contributed by atoms with E-state index in [1.807, 2.05) is 65.4 Å². The molecule has 2 aromatic carbocycles. The number of hydrogen-bond donors (Lipinski definition) is 1. The Balaban J connectivity index is 1.62. The predicted molar refractivity (Wildman–Crippen MR) is 106 cm³/mol. The first-order valence-corrected chi connectivity index (χ1v) is 8.80. The smallest absolute Gasteiger partial charge is 0.193 e. The van der Waals surface area contributed by atoms with Crippen LogP contribution in [0.15, 0.2) is 65.9 Å². The SMILES string of the molecule is CN=C(NCc1ccc(C#N)cc1F)N(C)Cc1cnn(-c2ccccc2)c1. The standard InChI is InChI=1S/C21H21FN6/c1-24-21(25-13-18-9-8-16(11-23)10-20(18)22)27(2)14-17-12-26-28(15-17)19-6-4-3-5-7-19/h3-10,12,15H,13-14H2,1-2H3,(H,24,25). The number of nitriles is 1. The molecule has 0 amide bonds. The molecule has 3 aromatic rings. The highest BCUT2D eigenvalue weighted by atomic mass is 19.1. The molecule has 0 saturated heterocycles. The molecule has 1 heterocycles. The molecule has 0 fully saturated rings. The number of nitrogens with zero attached hydrogens (tertiary/aromatic N) is 5. The molecule has 0 bridgehead atoms. The Morgan fingerprint density at radius 2 is 2.07 bits per heavy atom. The maximum absolute atomic E-state index is 14.0. The van der Waals surface area contributed by atoms with E-state index in [1.54, 1.807) is 19.2 Å². The van der Waals surface area contributed by atoms with Crippen LogP contribution in [-0.2, 0) is 13.1 Å². The lowest BCUT2D eigenvalue weighted by atomic mass is 10.1. The van der Waals surface area contributed by atoms with Gasteiger partial charge in [0.2, 0.25) is 0 Å². The van der Waals surface area contributed by atoms with Crippen LogP contribution in [-0.4, -0.2) is 34.7 Å². The van der Waals surface area contributed by atoms with Crippen molar-refractivity contribution in [1.29, 1.82) is 5.26 Å². The number of rotatable bonds is 5. The Kier molecular flexibility index (Phi) is 6.02. The van der Waals surface area contributed by atoms with E-state index < -0.39 is 5.82 Å². The molecule has 28 heavy (non-hydrogen) atoms. The average Bonchev–Trinajstić information content (AvgIpc) is 3.18.